The summed E-state index contributed by atoms with van der Waals surface area (Å²) in [7, 11) is 0. The number of fused-ring (bicyclic) bond motifs is 1. The highest BCUT2D eigenvalue weighted by Crippen LogP contribution is 2.35. The van der Waals surface area contributed by atoms with Crippen molar-refractivity contribution in [2.75, 3.05) is 6.54 Å². The van der Waals surface area contributed by atoms with Crippen LogP contribution in [0.15, 0.2) is 12.6 Å². The molecule has 1 aromatic heterocycles. The lowest BCUT2D eigenvalue weighted by molar-refractivity contribution is 0.371. The summed E-state index contributed by atoms with van der Waals surface area (Å²) in [6, 6.07) is 2.26. The molecule has 0 saturated heterocycles. The highest BCUT2D eigenvalue weighted by molar-refractivity contribution is 6.30. The molecule has 3 heteroatoms. The molecule has 2 rings (SSSR count). The van der Waals surface area contributed by atoms with E-state index in [9.17, 15) is 0 Å². The summed E-state index contributed by atoms with van der Waals surface area (Å²) in [5.41, 5.74) is 10.3. The van der Waals surface area contributed by atoms with Crippen molar-refractivity contribution in [3.8, 4) is 0 Å². The quantitative estimate of drug-likeness (QED) is 0.489. The molecule has 2 nitrogen and oxygen atoms in total. The molecular formula is C18H27ClN2. The summed E-state index contributed by atoms with van der Waals surface area (Å²) in [4.78, 5) is 4.66. The maximum Gasteiger partial charge on any atom is 0.132 e. The number of rotatable bonds is 5. The predicted octanol–water partition coefficient (Wildman–Crippen LogP) is 4.64. The van der Waals surface area contributed by atoms with Crippen LogP contribution in [0, 0.1) is 11.8 Å². The van der Waals surface area contributed by atoms with Crippen molar-refractivity contribution in [3.05, 3.63) is 34.6 Å². The van der Waals surface area contributed by atoms with Gasteiger partial charge in [0.25, 0.3) is 0 Å². The summed E-state index contributed by atoms with van der Waals surface area (Å²) >= 11 is 6.37. The van der Waals surface area contributed by atoms with Gasteiger partial charge in [0.1, 0.15) is 5.15 Å². The van der Waals surface area contributed by atoms with Crippen molar-refractivity contribution < 1.29 is 0 Å². The molecular weight excluding hydrogens is 280 g/mol. The minimum atomic E-state index is 0.648. The van der Waals surface area contributed by atoms with Crippen LogP contribution in [0.4, 0.5) is 0 Å². The second-order valence-corrected chi connectivity index (χ2v) is 6.90. The Labute approximate surface area is 133 Å². The van der Waals surface area contributed by atoms with Crippen LogP contribution in [0.1, 0.15) is 56.4 Å². The Bertz CT molecular complexity index is 508. The first-order valence-corrected chi connectivity index (χ1v) is 8.47. The zero-order valence-corrected chi connectivity index (χ0v) is 14.0. The summed E-state index contributed by atoms with van der Waals surface area (Å²) in [6.07, 6.45) is 6.43. The van der Waals surface area contributed by atoms with Crippen molar-refractivity contribution in [3.63, 3.8) is 0 Å². The standard InChI is InChI=1S/C18H27ClN2/c1-12(2)14-7-8-15-11-16(6-4-5-9-20)18(19)21-17(15)13(3)10-14/h11-12,14H,3-10,20H2,1-2H3. The van der Waals surface area contributed by atoms with Gasteiger partial charge in [0.2, 0.25) is 0 Å². The van der Waals surface area contributed by atoms with Gasteiger partial charge in [-0.1, -0.05) is 38.1 Å². The van der Waals surface area contributed by atoms with Crippen LogP contribution in [-0.4, -0.2) is 11.5 Å². The van der Waals surface area contributed by atoms with Gasteiger partial charge < -0.3 is 5.73 Å². The summed E-state index contributed by atoms with van der Waals surface area (Å²) in [6.45, 7) is 9.59. The van der Waals surface area contributed by atoms with Crippen LogP contribution in [0.2, 0.25) is 5.15 Å². The fraction of sp³-hybridized carbons (Fsp3) is 0.611. The van der Waals surface area contributed by atoms with Gasteiger partial charge in [-0.05, 0) is 73.6 Å². The fourth-order valence-corrected chi connectivity index (χ4v) is 3.37. The van der Waals surface area contributed by atoms with Gasteiger partial charge in [-0.3, -0.25) is 0 Å². The van der Waals surface area contributed by atoms with Crippen molar-refractivity contribution in [2.45, 2.75) is 52.4 Å². The zero-order chi connectivity index (χ0) is 15.4. The van der Waals surface area contributed by atoms with Gasteiger partial charge in [-0.25, -0.2) is 4.98 Å². The van der Waals surface area contributed by atoms with Gasteiger partial charge in [0.15, 0.2) is 0 Å². The molecule has 116 valence electrons. The SMILES string of the molecule is C=C1CC(C(C)C)CCc2cc(CCCCN)c(Cl)nc21. The van der Waals surface area contributed by atoms with E-state index in [0.717, 1.165) is 49.9 Å². The molecule has 1 aromatic rings. The van der Waals surface area contributed by atoms with Gasteiger partial charge in [0, 0.05) is 0 Å². The van der Waals surface area contributed by atoms with E-state index in [1.54, 1.807) is 0 Å². The van der Waals surface area contributed by atoms with E-state index < -0.39 is 0 Å². The predicted molar refractivity (Wildman–Crippen MR) is 91.5 cm³/mol. The average molecular weight is 307 g/mol. The molecule has 1 atom stereocenters. The lowest BCUT2D eigenvalue weighted by Crippen LogP contribution is -2.08. The monoisotopic (exact) mass is 306 g/mol. The molecule has 0 bridgehead atoms. The highest BCUT2D eigenvalue weighted by Gasteiger charge is 2.23. The minimum Gasteiger partial charge on any atom is -0.330 e. The molecule has 0 saturated carbocycles. The molecule has 1 heterocycles. The second-order valence-electron chi connectivity index (χ2n) is 6.54. The third-order valence-corrected chi connectivity index (χ3v) is 4.93. The van der Waals surface area contributed by atoms with Gasteiger partial charge >= 0.3 is 0 Å². The topological polar surface area (TPSA) is 38.9 Å². The Kier molecular flexibility index (Phi) is 5.83. The van der Waals surface area contributed by atoms with Crippen molar-refractivity contribution in [1.82, 2.24) is 4.98 Å². The van der Waals surface area contributed by atoms with Crippen LogP contribution in [0.3, 0.4) is 0 Å². The molecule has 21 heavy (non-hydrogen) atoms. The number of unbranched alkanes of at least 4 members (excludes halogenated alkanes) is 1. The van der Waals surface area contributed by atoms with E-state index in [2.05, 4.69) is 31.5 Å². The summed E-state index contributed by atoms with van der Waals surface area (Å²) in [5, 5.41) is 0.648. The third-order valence-electron chi connectivity index (χ3n) is 4.60. The number of allylic oxidation sites excluding steroid dienone is 1. The maximum atomic E-state index is 6.37. The fourth-order valence-electron chi connectivity index (χ4n) is 3.14. The van der Waals surface area contributed by atoms with E-state index in [4.69, 9.17) is 17.3 Å². The number of nitrogens with two attached hydrogens (primary N) is 1. The van der Waals surface area contributed by atoms with Gasteiger partial charge in [-0.2, -0.15) is 0 Å². The third kappa shape index (κ3) is 4.08. The number of halogens is 1. The number of aromatic nitrogens is 1. The maximum absolute atomic E-state index is 6.37. The summed E-state index contributed by atoms with van der Waals surface area (Å²) < 4.78 is 0. The van der Waals surface area contributed by atoms with Crippen LogP contribution in [0.25, 0.3) is 5.57 Å². The molecule has 1 aliphatic rings. The molecule has 0 radical (unpaired) electrons. The van der Waals surface area contributed by atoms with E-state index in [0.29, 0.717) is 17.0 Å². The number of nitrogens with zero attached hydrogens (tertiary/aromatic N) is 1. The van der Waals surface area contributed by atoms with E-state index in [1.807, 2.05) is 0 Å². The molecule has 0 amide bonds. The van der Waals surface area contributed by atoms with Gasteiger partial charge in [-0.15, -0.1) is 0 Å². The lowest BCUT2D eigenvalue weighted by Gasteiger charge is -2.18. The van der Waals surface area contributed by atoms with Gasteiger partial charge in [0.05, 0.1) is 5.69 Å². The first-order valence-electron chi connectivity index (χ1n) is 8.09. The Morgan fingerprint density at radius 3 is 2.86 bits per heavy atom. The first-order chi connectivity index (χ1) is 10.0. The van der Waals surface area contributed by atoms with Crippen LogP contribution in [0.5, 0.6) is 0 Å². The zero-order valence-electron chi connectivity index (χ0n) is 13.3. The lowest BCUT2D eigenvalue weighted by atomic mass is 9.87. The number of aryl methyl sites for hydroxylation is 2. The second kappa shape index (κ2) is 7.42. The molecule has 0 aromatic carbocycles. The molecule has 0 fully saturated rings. The molecule has 0 aliphatic heterocycles. The van der Waals surface area contributed by atoms with E-state index in [-0.39, 0.29) is 0 Å². The Morgan fingerprint density at radius 1 is 1.43 bits per heavy atom. The number of hydrogen-bond acceptors (Lipinski definition) is 2. The minimum absolute atomic E-state index is 0.648. The highest BCUT2D eigenvalue weighted by atomic mass is 35.5. The Balaban J connectivity index is 2.22. The first kappa shape index (κ1) is 16.5. The van der Waals surface area contributed by atoms with E-state index >= 15 is 0 Å². The summed E-state index contributed by atoms with van der Waals surface area (Å²) in [5.74, 6) is 1.39. The number of hydrogen-bond donors (Lipinski definition) is 1. The largest absolute Gasteiger partial charge is 0.330 e. The smallest absolute Gasteiger partial charge is 0.132 e. The van der Waals surface area contributed by atoms with Crippen LogP contribution >= 0.6 is 11.6 Å². The molecule has 2 N–H and O–H groups in total. The van der Waals surface area contributed by atoms with Crippen LogP contribution in [-0.2, 0) is 12.8 Å². The molecule has 0 spiro atoms. The van der Waals surface area contributed by atoms with Crippen molar-refractivity contribution in [1.29, 1.82) is 0 Å². The van der Waals surface area contributed by atoms with Crippen molar-refractivity contribution >= 4 is 17.2 Å². The molecule has 1 unspecified atom stereocenters. The molecule has 1 aliphatic carbocycles. The van der Waals surface area contributed by atoms with E-state index in [1.165, 1.54) is 17.5 Å². The Morgan fingerprint density at radius 2 is 2.19 bits per heavy atom. The van der Waals surface area contributed by atoms with Crippen molar-refractivity contribution in [2.24, 2.45) is 17.6 Å². The normalized spacial score (nSPS) is 18.7. The number of pyridine rings is 1. The average Bonchev–Trinajstić information content (AvgIpc) is 2.59. The Hall–Kier alpha value is -0.860. The van der Waals surface area contributed by atoms with Crippen LogP contribution < -0.4 is 5.73 Å².